The molecule has 1 atom stereocenters. The Balaban J connectivity index is 1.87. The highest BCUT2D eigenvalue weighted by Crippen LogP contribution is 2.26. The summed E-state index contributed by atoms with van der Waals surface area (Å²) in [6.07, 6.45) is 3.87. The summed E-state index contributed by atoms with van der Waals surface area (Å²) in [7, 11) is 0. The van der Waals surface area contributed by atoms with E-state index in [-0.39, 0.29) is 0 Å². The van der Waals surface area contributed by atoms with E-state index < -0.39 is 0 Å². The third kappa shape index (κ3) is 2.23. The highest BCUT2D eigenvalue weighted by atomic mass is 35.5. The Labute approximate surface area is 110 Å². The van der Waals surface area contributed by atoms with Crippen molar-refractivity contribution in [2.24, 2.45) is 0 Å². The molecule has 0 bridgehead atoms. The maximum atomic E-state index is 6.06. The molecule has 0 aromatic carbocycles. The van der Waals surface area contributed by atoms with Gasteiger partial charge in [-0.3, -0.25) is 4.98 Å². The van der Waals surface area contributed by atoms with Gasteiger partial charge in [0.15, 0.2) is 0 Å². The van der Waals surface area contributed by atoms with Gasteiger partial charge in [0.05, 0.1) is 10.9 Å². The fourth-order valence-electron chi connectivity index (χ4n) is 2.11. The third-order valence-electron chi connectivity index (χ3n) is 3.06. The van der Waals surface area contributed by atoms with E-state index in [2.05, 4.69) is 20.4 Å². The van der Waals surface area contributed by atoms with E-state index in [1.165, 1.54) is 0 Å². The summed E-state index contributed by atoms with van der Waals surface area (Å²) in [5.41, 5.74) is 0.568. The molecule has 1 fully saturated rings. The number of pyridine rings is 1. The molecular formula is C12H13ClN4O. The fraction of sp³-hybridized carbons (Fsp3) is 0.417. The molecule has 94 valence electrons. The Bertz CT molecular complexity index is 536. The van der Waals surface area contributed by atoms with Crippen molar-refractivity contribution in [3.63, 3.8) is 0 Å². The van der Waals surface area contributed by atoms with Gasteiger partial charge in [-0.25, -0.2) is 0 Å². The van der Waals surface area contributed by atoms with Crippen LogP contribution in [0.4, 0.5) is 0 Å². The van der Waals surface area contributed by atoms with Crippen LogP contribution in [0.5, 0.6) is 0 Å². The zero-order chi connectivity index (χ0) is 12.4. The van der Waals surface area contributed by atoms with Crippen LogP contribution in [0, 0.1) is 0 Å². The first kappa shape index (κ1) is 11.6. The molecule has 2 aromatic rings. The molecule has 1 aliphatic rings. The topological polar surface area (TPSA) is 63.8 Å². The molecule has 1 N–H and O–H groups in total. The monoisotopic (exact) mass is 264 g/mol. The average Bonchev–Trinajstić information content (AvgIpc) is 2.90. The maximum Gasteiger partial charge on any atom is 0.231 e. The van der Waals surface area contributed by atoms with Crippen molar-refractivity contribution in [2.45, 2.75) is 18.8 Å². The van der Waals surface area contributed by atoms with E-state index in [9.17, 15) is 0 Å². The Kier molecular flexibility index (Phi) is 3.25. The fourth-order valence-corrected chi connectivity index (χ4v) is 2.32. The summed E-state index contributed by atoms with van der Waals surface area (Å²) < 4.78 is 5.31. The second-order valence-electron chi connectivity index (χ2n) is 4.33. The Morgan fingerprint density at radius 1 is 1.44 bits per heavy atom. The lowest BCUT2D eigenvalue weighted by Crippen LogP contribution is -2.28. The molecule has 1 saturated heterocycles. The molecule has 5 nitrogen and oxygen atoms in total. The molecule has 0 radical (unpaired) electrons. The molecule has 18 heavy (non-hydrogen) atoms. The van der Waals surface area contributed by atoms with E-state index in [0.29, 0.717) is 28.3 Å². The van der Waals surface area contributed by atoms with Gasteiger partial charge in [-0.2, -0.15) is 4.98 Å². The Morgan fingerprint density at radius 3 is 3.17 bits per heavy atom. The highest BCUT2D eigenvalue weighted by molar-refractivity contribution is 6.32. The van der Waals surface area contributed by atoms with E-state index in [4.69, 9.17) is 16.1 Å². The van der Waals surface area contributed by atoms with Crippen LogP contribution >= 0.6 is 11.6 Å². The smallest absolute Gasteiger partial charge is 0.231 e. The SMILES string of the molecule is Clc1cccnc1-c1noc(C2CCCNC2)n1. The molecule has 2 aromatic heterocycles. The van der Waals surface area contributed by atoms with Crippen LogP contribution in [-0.2, 0) is 0 Å². The number of rotatable bonds is 2. The third-order valence-corrected chi connectivity index (χ3v) is 3.36. The number of piperidine rings is 1. The van der Waals surface area contributed by atoms with E-state index >= 15 is 0 Å². The van der Waals surface area contributed by atoms with Crippen molar-refractivity contribution in [3.05, 3.63) is 29.2 Å². The Hall–Kier alpha value is -1.46. The molecule has 0 saturated carbocycles. The number of aromatic nitrogens is 3. The molecule has 0 amide bonds. The maximum absolute atomic E-state index is 6.06. The van der Waals surface area contributed by atoms with Crippen LogP contribution in [0.15, 0.2) is 22.9 Å². The van der Waals surface area contributed by atoms with Crippen LogP contribution < -0.4 is 5.32 Å². The summed E-state index contributed by atoms with van der Waals surface area (Å²) in [6.45, 7) is 1.95. The molecule has 0 aliphatic carbocycles. The normalized spacial score (nSPS) is 19.9. The number of halogens is 1. The van der Waals surface area contributed by atoms with Crippen molar-refractivity contribution in [1.29, 1.82) is 0 Å². The van der Waals surface area contributed by atoms with Gasteiger partial charge >= 0.3 is 0 Å². The number of nitrogens with zero attached hydrogens (tertiary/aromatic N) is 3. The molecule has 6 heteroatoms. The van der Waals surface area contributed by atoms with Crippen LogP contribution in [-0.4, -0.2) is 28.2 Å². The number of hydrogen-bond donors (Lipinski definition) is 1. The van der Waals surface area contributed by atoms with Crippen LogP contribution in [0.3, 0.4) is 0 Å². The van der Waals surface area contributed by atoms with Gasteiger partial charge < -0.3 is 9.84 Å². The predicted molar refractivity (Wildman–Crippen MR) is 67.4 cm³/mol. The zero-order valence-corrected chi connectivity index (χ0v) is 10.5. The number of nitrogens with one attached hydrogen (secondary N) is 1. The van der Waals surface area contributed by atoms with Crippen LogP contribution in [0.1, 0.15) is 24.7 Å². The largest absolute Gasteiger partial charge is 0.339 e. The molecular weight excluding hydrogens is 252 g/mol. The van der Waals surface area contributed by atoms with E-state index in [0.717, 1.165) is 25.9 Å². The predicted octanol–water partition coefficient (Wildman–Crippen LogP) is 2.25. The first-order valence-electron chi connectivity index (χ1n) is 6.00. The highest BCUT2D eigenvalue weighted by Gasteiger charge is 2.22. The first-order valence-corrected chi connectivity index (χ1v) is 6.37. The summed E-state index contributed by atoms with van der Waals surface area (Å²) in [4.78, 5) is 8.57. The molecule has 1 aliphatic heterocycles. The quantitative estimate of drug-likeness (QED) is 0.901. The zero-order valence-electron chi connectivity index (χ0n) is 9.77. The van der Waals surface area contributed by atoms with Gasteiger partial charge in [-0.1, -0.05) is 16.8 Å². The lowest BCUT2D eigenvalue weighted by molar-refractivity contribution is 0.322. The van der Waals surface area contributed by atoms with Crippen molar-refractivity contribution < 1.29 is 4.52 Å². The minimum Gasteiger partial charge on any atom is -0.339 e. The van der Waals surface area contributed by atoms with E-state index in [1.54, 1.807) is 18.3 Å². The lowest BCUT2D eigenvalue weighted by atomic mass is 10.00. The van der Waals surface area contributed by atoms with Gasteiger partial charge in [0.25, 0.3) is 0 Å². The summed E-state index contributed by atoms with van der Waals surface area (Å²) in [5, 5.41) is 7.82. The second kappa shape index (κ2) is 5.04. The van der Waals surface area contributed by atoms with Gasteiger partial charge in [0.1, 0.15) is 5.69 Å². The first-order chi connectivity index (χ1) is 8.84. The van der Waals surface area contributed by atoms with Gasteiger partial charge in [-0.05, 0) is 31.5 Å². The lowest BCUT2D eigenvalue weighted by Gasteiger charge is -2.18. The van der Waals surface area contributed by atoms with Gasteiger partial charge in [-0.15, -0.1) is 0 Å². The van der Waals surface area contributed by atoms with Crippen LogP contribution in [0.25, 0.3) is 11.5 Å². The van der Waals surface area contributed by atoms with Crippen molar-refractivity contribution in [2.75, 3.05) is 13.1 Å². The van der Waals surface area contributed by atoms with E-state index in [1.807, 2.05) is 0 Å². The van der Waals surface area contributed by atoms with Crippen LogP contribution in [0.2, 0.25) is 5.02 Å². The second-order valence-corrected chi connectivity index (χ2v) is 4.74. The molecule has 3 rings (SSSR count). The average molecular weight is 265 g/mol. The minimum atomic E-state index is 0.294. The van der Waals surface area contributed by atoms with Gasteiger partial charge in [0, 0.05) is 12.7 Å². The molecule has 3 heterocycles. The standard InChI is InChI=1S/C12H13ClN4O/c13-9-4-2-6-15-10(9)11-16-12(18-17-11)8-3-1-5-14-7-8/h2,4,6,8,14H,1,3,5,7H2. The van der Waals surface area contributed by atoms with Crippen molar-refractivity contribution >= 4 is 11.6 Å². The molecule has 0 spiro atoms. The summed E-state index contributed by atoms with van der Waals surface area (Å²) >= 11 is 6.06. The Morgan fingerprint density at radius 2 is 2.39 bits per heavy atom. The molecule has 1 unspecified atom stereocenters. The van der Waals surface area contributed by atoms with Crippen molar-refractivity contribution in [3.8, 4) is 11.5 Å². The summed E-state index contributed by atoms with van der Waals surface area (Å²) in [6, 6.07) is 3.54. The van der Waals surface area contributed by atoms with Crippen molar-refractivity contribution in [1.82, 2.24) is 20.4 Å². The van der Waals surface area contributed by atoms with Gasteiger partial charge in [0.2, 0.25) is 11.7 Å². The summed E-state index contributed by atoms with van der Waals surface area (Å²) in [5.74, 6) is 1.42. The number of hydrogen-bond acceptors (Lipinski definition) is 5. The minimum absolute atomic E-state index is 0.294.